The van der Waals surface area contributed by atoms with Gasteiger partial charge in [-0.3, -0.25) is 0 Å². The van der Waals surface area contributed by atoms with Gasteiger partial charge in [0.25, 0.3) is 5.67 Å². The maximum atomic E-state index is 13.7. The van der Waals surface area contributed by atoms with Crippen molar-refractivity contribution in [2.24, 2.45) is 5.92 Å². The molecule has 0 aliphatic carbocycles. The Morgan fingerprint density at radius 3 is 1.00 bits per heavy atom. The van der Waals surface area contributed by atoms with Crippen LogP contribution in [-0.4, -0.2) is 42.5 Å². The largest absolute Gasteiger partial charge is 0.431 e. The molecule has 0 saturated carbocycles. The summed E-state index contributed by atoms with van der Waals surface area (Å²) in [6.07, 6.45) is -40.3. The summed E-state index contributed by atoms with van der Waals surface area (Å²) in [6.45, 7) is 0. The SMILES string of the molecule is FC(F)CC(CC(F)(C(F)(F)F)C(F)(F)F)C(F)(C(F)(F)F)C(F)(F)F. The normalized spacial score (nSPS) is 17.0. The third kappa shape index (κ3) is 4.40. The van der Waals surface area contributed by atoms with E-state index in [-0.39, 0.29) is 0 Å². The van der Waals surface area contributed by atoms with Crippen LogP contribution >= 0.6 is 0 Å². The Kier molecular flexibility index (Phi) is 6.51. The molecule has 0 fully saturated rings. The monoisotopic (exact) mass is 430 g/mol. The molecule has 0 aromatic carbocycles. The van der Waals surface area contributed by atoms with Crippen LogP contribution in [0.25, 0.3) is 0 Å². The van der Waals surface area contributed by atoms with Crippen molar-refractivity contribution in [3.8, 4) is 0 Å². The van der Waals surface area contributed by atoms with Crippen molar-refractivity contribution in [2.45, 2.75) is 55.3 Å². The maximum absolute atomic E-state index is 13.7. The van der Waals surface area contributed by atoms with E-state index in [4.69, 9.17) is 0 Å². The molecule has 0 nitrogen and oxygen atoms in total. The van der Waals surface area contributed by atoms with Crippen molar-refractivity contribution in [1.82, 2.24) is 0 Å². The number of halogens is 16. The summed E-state index contributed by atoms with van der Waals surface area (Å²) in [7, 11) is 0. The maximum Gasteiger partial charge on any atom is 0.431 e. The van der Waals surface area contributed by atoms with Crippen LogP contribution < -0.4 is 0 Å². The van der Waals surface area contributed by atoms with E-state index in [9.17, 15) is 70.2 Å². The van der Waals surface area contributed by atoms with Crippen LogP contribution in [-0.2, 0) is 0 Å². The molecule has 0 spiro atoms. The molecule has 0 aliphatic rings. The summed E-state index contributed by atoms with van der Waals surface area (Å²) in [5, 5.41) is 0. The van der Waals surface area contributed by atoms with Gasteiger partial charge in [0.1, 0.15) is 0 Å². The molecule has 0 bridgehead atoms. The predicted molar refractivity (Wildman–Crippen MR) is 50.6 cm³/mol. The van der Waals surface area contributed by atoms with Gasteiger partial charge in [0.2, 0.25) is 6.43 Å². The van der Waals surface area contributed by atoms with E-state index < -0.39 is 61.2 Å². The lowest BCUT2D eigenvalue weighted by Gasteiger charge is -2.40. The second-order valence-electron chi connectivity index (χ2n) is 5.03. The van der Waals surface area contributed by atoms with Gasteiger partial charge in [-0.15, -0.1) is 0 Å². The Bertz CT molecular complexity index is 433. The van der Waals surface area contributed by atoms with Crippen LogP contribution in [0, 0.1) is 5.92 Å². The van der Waals surface area contributed by atoms with Crippen molar-refractivity contribution in [2.75, 3.05) is 0 Å². The lowest BCUT2D eigenvalue weighted by molar-refractivity contribution is -0.381. The number of alkyl halides is 16. The first-order valence-electron chi connectivity index (χ1n) is 5.95. The molecule has 0 aromatic rings. The third-order valence-corrected chi connectivity index (χ3v) is 3.28. The van der Waals surface area contributed by atoms with Crippen molar-refractivity contribution in [3.63, 3.8) is 0 Å². The highest BCUT2D eigenvalue weighted by Gasteiger charge is 2.80. The van der Waals surface area contributed by atoms with Crippen molar-refractivity contribution >= 4 is 0 Å². The van der Waals surface area contributed by atoms with Crippen LogP contribution in [0.15, 0.2) is 0 Å². The van der Waals surface area contributed by atoms with Gasteiger partial charge in [-0.25, -0.2) is 17.6 Å². The second-order valence-corrected chi connectivity index (χ2v) is 5.03. The average Bonchev–Trinajstić information content (AvgIpc) is 2.30. The Balaban J connectivity index is 6.52. The molecule has 0 rings (SSSR count). The van der Waals surface area contributed by atoms with Gasteiger partial charge in [0.05, 0.1) is 0 Å². The molecule has 1 atom stereocenters. The lowest BCUT2D eigenvalue weighted by Crippen LogP contribution is -2.62. The van der Waals surface area contributed by atoms with Gasteiger partial charge in [-0.2, -0.15) is 52.7 Å². The van der Waals surface area contributed by atoms with Crippen molar-refractivity contribution in [1.29, 1.82) is 0 Å². The molecular formula is C10H6F16. The Hall–Kier alpha value is -1.12. The molecule has 26 heavy (non-hydrogen) atoms. The predicted octanol–water partition coefficient (Wildman–Crippen LogP) is 6.31. The van der Waals surface area contributed by atoms with Gasteiger partial charge < -0.3 is 0 Å². The van der Waals surface area contributed by atoms with Gasteiger partial charge in [-0.05, 0) is 0 Å². The van der Waals surface area contributed by atoms with E-state index in [2.05, 4.69) is 0 Å². The van der Waals surface area contributed by atoms with Crippen LogP contribution in [0.1, 0.15) is 12.8 Å². The van der Waals surface area contributed by atoms with E-state index in [0.29, 0.717) is 0 Å². The molecule has 0 heterocycles. The van der Waals surface area contributed by atoms with E-state index in [1.165, 1.54) is 0 Å². The average molecular weight is 430 g/mol. The minimum absolute atomic E-state index is 3.08. The lowest BCUT2D eigenvalue weighted by atomic mass is 9.77. The summed E-state index contributed by atoms with van der Waals surface area (Å²) in [4.78, 5) is 0. The summed E-state index contributed by atoms with van der Waals surface area (Å²) in [5.74, 6) is -4.78. The quantitative estimate of drug-likeness (QED) is 0.449. The zero-order valence-electron chi connectivity index (χ0n) is 11.6. The molecule has 158 valence electrons. The fourth-order valence-corrected chi connectivity index (χ4v) is 1.96. The van der Waals surface area contributed by atoms with Gasteiger partial charge >= 0.3 is 30.4 Å². The first kappa shape index (κ1) is 24.9. The minimum atomic E-state index is -7.26. The van der Waals surface area contributed by atoms with Gasteiger partial charge in [0.15, 0.2) is 0 Å². The fourth-order valence-electron chi connectivity index (χ4n) is 1.96. The molecule has 1 unspecified atom stereocenters. The highest BCUT2D eigenvalue weighted by molar-refractivity contribution is 5.06. The summed E-state index contributed by atoms with van der Waals surface area (Å²) < 4.78 is 200. The van der Waals surface area contributed by atoms with E-state index in [1.807, 2.05) is 0 Å². The Morgan fingerprint density at radius 2 is 0.808 bits per heavy atom. The van der Waals surface area contributed by atoms with Gasteiger partial charge in [0, 0.05) is 18.8 Å². The summed E-state index contributed by atoms with van der Waals surface area (Å²) >= 11 is 0. The smallest absolute Gasteiger partial charge is 0.224 e. The van der Waals surface area contributed by atoms with E-state index in [0.717, 1.165) is 0 Å². The van der Waals surface area contributed by atoms with Crippen molar-refractivity contribution < 1.29 is 70.2 Å². The molecule has 16 heteroatoms. The number of hydrogen-bond donors (Lipinski definition) is 0. The molecule has 0 aromatic heterocycles. The Morgan fingerprint density at radius 1 is 0.500 bits per heavy atom. The van der Waals surface area contributed by atoms with Crippen LogP contribution in [0.2, 0.25) is 0 Å². The highest BCUT2D eigenvalue weighted by Crippen LogP contribution is 2.58. The van der Waals surface area contributed by atoms with E-state index in [1.54, 1.807) is 0 Å². The summed E-state index contributed by atoms with van der Waals surface area (Å²) in [5.41, 5.74) is -13.8. The first-order valence-corrected chi connectivity index (χ1v) is 5.95. The molecule has 0 amide bonds. The van der Waals surface area contributed by atoms with Gasteiger partial charge in [-0.1, -0.05) is 0 Å². The topological polar surface area (TPSA) is 0 Å². The second kappa shape index (κ2) is 6.80. The Labute approximate surface area is 133 Å². The molecule has 0 saturated heterocycles. The zero-order chi connectivity index (χ0) is 21.6. The highest BCUT2D eigenvalue weighted by atomic mass is 19.4. The zero-order valence-corrected chi connectivity index (χ0v) is 11.6. The number of rotatable bonds is 5. The standard InChI is InChI=1S/C10H6F16/c11-4(12)1-3(6(14,9(21,22)23)10(24,25)26)2-5(13,7(15,16)17)8(18,19)20/h3-4H,1-2H2. The van der Waals surface area contributed by atoms with Crippen molar-refractivity contribution in [3.05, 3.63) is 0 Å². The molecule has 0 radical (unpaired) electrons. The fraction of sp³-hybridized carbons (Fsp3) is 1.00. The first-order chi connectivity index (χ1) is 11.0. The number of hydrogen-bond acceptors (Lipinski definition) is 0. The van der Waals surface area contributed by atoms with Crippen LogP contribution in [0.4, 0.5) is 70.2 Å². The summed E-state index contributed by atoms with van der Waals surface area (Å²) in [6, 6.07) is 0. The molecular weight excluding hydrogens is 424 g/mol. The third-order valence-electron chi connectivity index (χ3n) is 3.28. The van der Waals surface area contributed by atoms with Crippen LogP contribution in [0.3, 0.4) is 0 Å². The van der Waals surface area contributed by atoms with E-state index >= 15 is 0 Å². The minimum Gasteiger partial charge on any atom is -0.224 e. The molecule has 0 aliphatic heterocycles. The van der Waals surface area contributed by atoms with Crippen LogP contribution in [0.5, 0.6) is 0 Å². The molecule has 0 N–H and O–H groups in total.